The number of fused-ring (bicyclic) bond motifs is 1. The van der Waals surface area contributed by atoms with Crippen molar-refractivity contribution in [1.29, 1.82) is 0 Å². The molecule has 4 aromatic rings. The first kappa shape index (κ1) is 31.7. The van der Waals surface area contributed by atoms with Gasteiger partial charge in [0.2, 0.25) is 0 Å². The molecule has 240 valence electrons. The van der Waals surface area contributed by atoms with Crippen LogP contribution in [0.25, 0.3) is 10.9 Å². The average molecular weight is 664 g/mol. The molecule has 3 amide bonds. The predicted octanol–water partition coefficient (Wildman–Crippen LogP) is 6.10. The minimum absolute atomic E-state index is 0.195. The van der Waals surface area contributed by atoms with Gasteiger partial charge in [-0.2, -0.15) is 0 Å². The van der Waals surface area contributed by atoms with Crippen molar-refractivity contribution in [3.8, 4) is 23.0 Å². The third-order valence-electron chi connectivity index (χ3n) is 7.55. The third-order valence-corrected chi connectivity index (χ3v) is 9.02. The number of morpholine rings is 1. The van der Waals surface area contributed by atoms with Crippen molar-refractivity contribution in [3.63, 3.8) is 0 Å². The molecule has 3 heterocycles. The monoisotopic (exact) mass is 663 g/mol. The first-order valence-corrected chi connectivity index (χ1v) is 16.3. The van der Waals surface area contributed by atoms with Gasteiger partial charge in [-0.05, 0) is 60.5 Å². The second-order valence-electron chi connectivity index (χ2n) is 10.7. The van der Waals surface area contributed by atoms with E-state index in [2.05, 4.69) is 20.6 Å². The molecule has 0 bridgehead atoms. The molecule has 0 saturated carbocycles. The van der Waals surface area contributed by atoms with E-state index in [0.717, 1.165) is 55.7 Å². The number of hydrogen-bond acceptors (Lipinski definition) is 9. The van der Waals surface area contributed by atoms with Crippen LogP contribution in [0.2, 0.25) is 5.02 Å². The fourth-order valence-corrected chi connectivity index (χ4v) is 6.44. The standard InChI is InChI=1S/C33H34ClN5O6S/c1-42-29-19-26-27(20-30(29)44-16-2-13-38-14-17-43-18-15-38)35-12-11-28(26)45-25-9-3-22(4-10-25)32-39(31(40)21-46-32)37-33(41)36-24-7-5-23(34)6-8-24/h3-12,19-20,32H,2,13-18,21H2,1H3,(H2,36,37,41). The van der Waals surface area contributed by atoms with Gasteiger partial charge in [0.15, 0.2) is 11.5 Å². The smallest absolute Gasteiger partial charge is 0.338 e. The van der Waals surface area contributed by atoms with E-state index in [1.54, 1.807) is 43.6 Å². The molecular formula is C33H34ClN5O6S. The van der Waals surface area contributed by atoms with E-state index in [0.29, 0.717) is 40.3 Å². The highest BCUT2D eigenvalue weighted by molar-refractivity contribution is 8.00. The summed E-state index contributed by atoms with van der Waals surface area (Å²) in [4.78, 5) is 32.2. The number of methoxy groups -OCH3 is 1. The number of rotatable bonds is 11. The zero-order chi connectivity index (χ0) is 31.9. The molecule has 2 saturated heterocycles. The minimum Gasteiger partial charge on any atom is -0.493 e. The highest BCUT2D eigenvalue weighted by atomic mass is 35.5. The molecular weight excluding hydrogens is 630 g/mol. The van der Waals surface area contributed by atoms with Gasteiger partial charge in [-0.25, -0.2) is 15.2 Å². The van der Waals surface area contributed by atoms with E-state index < -0.39 is 11.4 Å². The fraction of sp³-hybridized carbons (Fsp3) is 0.303. The number of pyridine rings is 1. The van der Waals surface area contributed by atoms with Crippen molar-refractivity contribution >= 4 is 51.9 Å². The van der Waals surface area contributed by atoms with Crippen LogP contribution in [0.4, 0.5) is 10.5 Å². The summed E-state index contributed by atoms with van der Waals surface area (Å²) in [5.74, 6) is 2.50. The maximum atomic E-state index is 12.6. The normalized spacial score (nSPS) is 16.8. The second-order valence-corrected chi connectivity index (χ2v) is 12.2. The molecule has 2 aliphatic rings. The van der Waals surface area contributed by atoms with E-state index in [-0.39, 0.29) is 11.7 Å². The molecule has 13 heteroatoms. The quantitative estimate of drug-likeness (QED) is 0.184. The first-order chi connectivity index (χ1) is 22.5. The summed E-state index contributed by atoms with van der Waals surface area (Å²) < 4.78 is 23.4. The Kier molecular flexibility index (Phi) is 10.3. The molecule has 1 unspecified atom stereocenters. The molecule has 46 heavy (non-hydrogen) atoms. The summed E-state index contributed by atoms with van der Waals surface area (Å²) in [6, 6.07) is 19.2. The highest BCUT2D eigenvalue weighted by Crippen LogP contribution is 2.40. The Balaban J connectivity index is 1.10. The molecule has 2 fully saturated rings. The number of halogens is 1. The Morgan fingerprint density at radius 2 is 1.83 bits per heavy atom. The number of thioether (sulfide) groups is 1. The maximum Gasteiger partial charge on any atom is 0.338 e. The number of hydrazine groups is 1. The zero-order valence-corrected chi connectivity index (χ0v) is 26.8. The summed E-state index contributed by atoms with van der Waals surface area (Å²) in [6.07, 6.45) is 2.59. The van der Waals surface area contributed by atoms with Gasteiger partial charge in [-0.1, -0.05) is 23.7 Å². The maximum absolute atomic E-state index is 12.6. The van der Waals surface area contributed by atoms with Gasteiger partial charge in [0.05, 0.1) is 38.2 Å². The second kappa shape index (κ2) is 14.9. The van der Waals surface area contributed by atoms with Gasteiger partial charge in [0, 0.05) is 48.0 Å². The van der Waals surface area contributed by atoms with Crippen LogP contribution in [0.15, 0.2) is 72.9 Å². The number of hydrogen-bond donors (Lipinski definition) is 2. The Hall–Kier alpha value is -4.23. The van der Waals surface area contributed by atoms with Crippen molar-refractivity contribution in [2.45, 2.75) is 11.8 Å². The summed E-state index contributed by atoms with van der Waals surface area (Å²) in [5.41, 5.74) is 4.79. The van der Waals surface area contributed by atoms with Crippen LogP contribution in [0.3, 0.4) is 0 Å². The van der Waals surface area contributed by atoms with Gasteiger partial charge in [-0.3, -0.25) is 14.7 Å². The molecule has 0 aliphatic carbocycles. The highest BCUT2D eigenvalue weighted by Gasteiger charge is 2.34. The molecule has 11 nitrogen and oxygen atoms in total. The van der Waals surface area contributed by atoms with Crippen molar-refractivity contribution in [2.75, 3.05) is 57.6 Å². The van der Waals surface area contributed by atoms with E-state index in [9.17, 15) is 9.59 Å². The lowest BCUT2D eigenvalue weighted by Crippen LogP contribution is -2.46. The van der Waals surface area contributed by atoms with Gasteiger partial charge >= 0.3 is 6.03 Å². The van der Waals surface area contributed by atoms with Crippen LogP contribution in [-0.4, -0.2) is 79.1 Å². The number of carbonyl (C=O) groups is 2. The van der Waals surface area contributed by atoms with Crippen LogP contribution in [0.5, 0.6) is 23.0 Å². The van der Waals surface area contributed by atoms with Crippen LogP contribution >= 0.6 is 23.4 Å². The number of anilines is 1. The Morgan fingerprint density at radius 3 is 2.59 bits per heavy atom. The first-order valence-electron chi connectivity index (χ1n) is 14.9. The number of carbonyl (C=O) groups excluding carboxylic acids is 2. The Bertz CT molecular complexity index is 1670. The number of nitrogens with one attached hydrogen (secondary N) is 2. The van der Waals surface area contributed by atoms with Gasteiger partial charge in [0.25, 0.3) is 5.91 Å². The van der Waals surface area contributed by atoms with E-state index in [1.165, 1.54) is 16.8 Å². The molecule has 3 aromatic carbocycles. The lowest BCUT2D eigenvalue weighted by Gasteiger charge is -2.26. The summed E-state index contributed by atoms with van der Waals surface area (Å²) >= 11 is 7.35. The van der Waals surface area contributed by atoms with Crippen molar-refractivity contribution in [2.24, 2.45) is 0 Å². The Morgan fingerprint density at radius 1 is 1.04 bits per heavy atom. The summed E-state index contributed by atoms with van der Waals surface area (Å²) in [6.45, 7) is 4.98. The summed E-state index contributed by atoms with van der Waals surface area (Å²) in [5, 5.41) is 5.01. The lowest BCUT2D eigenvalue weighted by molar-refractivity contribution is -0.130. The largest absolute Gasteiger partial charge is 0.493 e. The molecule has 2 N–H and O–H groups in total. The molecule has 0 spiro atoms. The van der Waals surface area contributed by atoms with Crippen molar-refractivity contribution in [1.82, 2.24) is 20.3 Å². The predicted molar refractivity (Wildman–Crippen MR) is 178 cm³/mol. The van der Waals surface area contributed by atoms with Crippen LogP contribution in [-0.2, 0) is 9.53 Å². The summed E-state index contributed by atoms with van der Waals surface area (Å²) in [7, 11) is 1.61. The lowest BCUT2D eigenvalue weighted by atomic mass is 10.1. The third kappa shape index (κ3) is 7.76. The number of ether oxygens (including phenoxy) is 4. The number of amides is 3. The number of benzene rings is 3. The van der Waals surface area contributed by atoms with Crippen LogP contribution in [0.1, 0.15) is 17.4 Å². The van der Waals surface area contributed by atoms with Crippen LogP contribution in [0, 0.1) is 0 Å². The Labute approximate surface area is 276 Å². The topological polar surface area (TPSA) is 114 Å². The van der Waals surface area contributed by atoms with E-state index in [4.69, 9.17) is 30.5 Å². The molecule has 1 aromatic heterocycles. The van der Waals surface area contributed by atoms with Crippen molar-refractivity contribution in [3.05, 3.63) is 83.5 Å². The number of urea groups is 1. The molecule has 2 aliphatic heterocycles. The molecule has 1 atom stereocenters. The SMILES string of the molecule is COc1cc2c(Oc3ccc(C4SCC(=O)N4NC(=O)Nc4ccc(Cl)cc4)cc3)ccnc2cc1OCCCN1CCOCC1. The number of nitrogens with zero attached hydrogens (tertiary/aromatic N) is 3. The van der Waals surface area contributed by atoms with Gasteiger partial charge in [0.1, 0.15) is 16.9 Å². The fourth-order valence-electron chi connectivity index (χ4n) is 5.21. The zero-order valence-electron chi connectivity index (χ0n) is 25.2. The van der Waals surface area contributed by atoms with E-state index in [1.807, 2.05) is 36.4 Å². The molecule has 6 rings (SSSR count). The van der Waals surface area contributed by atoms with Crippen molar-refractivity contribution < 1.29 is 28.5 Å². The van der Waals surface area contributed by atoms with E-state index >= 15 is 0 Å². The molecule has 0 radical (unpaired) electrons. The average Bonchev–Trinajstić information content (AvgIpc) is 3.43. The van der Waals surface area contributed by atoms with Gasteiger partial charge in [-0.15, -0.1) is 11.8 Å². The van der Waals surface area contributed by atoms with Gasteiger partial charge < -0.3 is 24.3 Å². The number of aromatic nitrogens is 1. The van der Waals surface area contributed by atoms with Crippen LogP contribution < -0.4 is 25.0 Å². The minimum atomic E-state index is -0.523.